The summed E-state index contributed by atoms with van der Waals surface area (Å²) in [6, 6.07) is 4.09. The maximum Gasteiger partial charge on any atom is 0.496 e. The van der Waals surface area contributed by atoms with Crippen LogP contribution in [0.25, 0.3) is 0 Å². The molecule has 1 aromatic rings. The molecule has 4 heteroatoms. The highest BCUT2D eigenvalue weighted by atomic mass is 16.7. The highest BCUT2D eigenvalue weighted by Crippen LogP contribution is 2.36. The first-order valence-electron chi connectivity index (χ1n) is 6.59. The number of hydrogen-bond acceptors (Lipinski definition) is 3. The molecule has 1 aliphatic rings. The molecule has 18 heavy (non-hydrogen) atoms. The standard InChI is InChI=1S/C14H22BNO2/c1-7-12-11(9-8-10(2)16-12)15-17-13(3,4)14(5,6)18-15/h8-9H,7H2,1-6H3. The van der Waals surface area contributed by atoms with E-state index >= 15 is 0 Å². The smallest absolute Gasteiger partial charge is 0.399 e. The fourth-order valence-electron chi connectivity index (χ4n) is 2.09. The third kappa shape index (κ3) is 2.19. The van der Waals surface area contributed by atoms with Crippen molar-refractivity contribution >= 4 is 12.6 Å². The third-order valence-electron chi connectivity index (χ3n) is 3.99. The van der Waals surface area contributed by atoms with Crippen molar-refractivity contribution in [2.75, 3.05) is 0 Å². The lowest BCUT2D eigenvalue weighted by molar-refractivity contribution is 0.00578. The Morgan fingerprint density at radius 3 is 2.17 bits per heavy atom. The summed E-state index contributed by atoms with van der Waals surface area (Å²) in [6.07, 6.45) is 0.890. The third-order valence-corrected chi connectivity index (χ3v) is 3.99. The van der Waals surface area contributed by atoms with Gasteiger partial charge in [0.1, 0.15) is 0 Å². The molecule has 0 amide bonds. The Morgan fingerprint density at radius 1 is 1.11 bits per heavy atom. The van der Waals surface area contributed by atoms with Gasteiger partial charge < -0.3 is 9.31 Å². The molecule has 1 saturated heterocycles. The quantitative estimate of drug-likeness (QED) is 0.751. The first-order chi connectivity index (χ1) is 8.27. The van der Waals surface area contributed by atoms with Crippen LogP contribution in [-0.4, -0.2) is 23.3 Å². The average molecular weight is 247 g/mol. The lowest BCUT2D eigenvalue weighted by Gasteiger charge is -2.32. The van der Waals surface area contributed by atoms with E-state index in [1.807, 2.05) is 13.0 Å². The van der Waals surface area contributed by atoms with Gasteiger partial charge in [0, 0.05) is 16.9 Å². The van der Waals surface area contributed by atoms with Crippen LogP contribution >= 0.6 is 0 Å². The van der Waals surface area contributed by atoms with Crippen LogP contribution < -0.4 is 5.46 Å². The van der Waals surface area contributed by atoms with Crippen LogP contribution in [0.5, 0.6) is 0 Å². The van der Waals surface area contributed by atoms with Gasteiger partial charge in [-0.25, -0.2) is 0 Å². The van der Waals surface area contributed by atoms with Crippen LogP contribution in [0.2, 0.25) is 0 Å². The van der Waals surface area contributed by atoms with E-state index in [0.717, 1.165) is 23.3 Å². The summed E-state index contributed by atoms with van der Waals surface area (Å²) in [5, 5.41) is 0. The molecule has 2 heterocycles. The Hall–Kier alpha value is -0.865. The van der Waals surface area contributed by atoms with Gasteiger partial charge in [-0.15, -0.1) is 0 Å². The molecule has 1 aliphatic heterocycles. The summed E-state index contributed by atoms with van der Waals surface area (Å²) in [6.45, 7) is 12.4. The minimum Gasteiger partial charge on any atom is -0.399 e. The molecular formula is C14H22BNO2. The Labute approximate surface area is 110 Å². The largest absolute Gasteiger partial charge is 0.496 e. The van der Waals surface area contributed by atoms with Crippen LogP contribution in [0.3, 0.4) is 0 Å². The van der Waals surface area contributed by atoms with Crippen LogP contribution in [0.15, 0.2) is 12.1 Å². The van der Waals surface area contributed by atoms with Crippen LogP contribution in [0, 0.1) is 6.92 Å². The molecule has 0 saturated carbocycles. The Kier molecular flexibility index (Phi) is 3.28. The summed E-state index contributed by atoms with van der Waals surface area (Å²) >= 11 is 0. The molecule has 0 N–H and O–H groups in total. The molecule has 2 rings (SSSR count). The number of nitrogens with zero attached hydrogens (tertiary/aromatic N) is 1. The van der Waals surface area contributed by atoms with Crippen molar-refractivity contribution in [2.24, 2.45) is 0 Å². The van der Waals surface area contributed by atoms with Crippen molar-refractivity contribution in [3.8, 4) is 0 Å². The van der Waals surface area contributed by atoms with E-state index in [-0.39, 0.29) is 18.3 Å². The molecule has 1 aromatic heterocycles. The van der Waals surface area contributed by atoms with Gasteiger partial charge in [-0.2, -0.15) is 0 Å². The van der Waals surface area contributed by atoms with E-state index in [1.54, 1.807) is 0 Å². The second kappa shape index (κ2) is 4.35. The summed E-state index contributed by atoms with van der Waals surface area (Å²) in [5.41, 5.74) is 2.56. The minimum atomic E-state index is -0.307. The lowest BCUT2D eigenvalue weighted by atomic mass is 9.77. The molecule has 0 atom stereocenters. The maximum absolute atomic E-state index is 6.07. The van der Waals surface area contributed by atoms with Crippen molar-refractivity contribution in [3.63, 3.8) is 0 Å². The van der Waals surface area contributed by atoms with Crippen molar-refractivity contribution in [3.05, 3.63) is 23.5 Å². The Balaban J connectivity index is 2.35. The fourth-order valence-corrected chi connectivity index (χ4v) is 2.09. The Bertz CT molecular complexity index is 441. The van der Waals surface area contributed by atoms with Crippen LogP contribution in [-0.2, 0) is 15.7 Å². The zero-order valence-electron chi connectivity index (χ0n) is 12.2. The topological polar surface area (TPSA) is 31.4 Å². The predicted octanol–water partition coefficient (Wildman–Crippen LogP) is 2.25. The van der Waals surface area contributed by atoms with Crippen LogP contribution in [0.4, 0.5) is 0 Å². The molecule has 3 nitrogen and oxygen atoms in total. The zero-order chi connectivity index (χ0) is 13.6. The van der Waals surface area contributed by atoms with Gasteiger partial charge in [-0.3, -0.25) is 4.98 Å². The molecule has 0 radical (unpaired) electrons. The first-order valence-corrected chi connectivity index (χ1v) is 6.59. The van der Waals surface area contributed by atoms with Gasteiger partial charge in [0.15, 0.2) is 0 Å². The molecule has 0 bridgehead atoms. The molecule has 0 unspecified atom stereocenters. The highest BCUT2D eigenvalue weighted by Gasteiger charge is 2.52. The highest BCUT2D eigenvalue weighted by molar-refractivity contribution is 6.62. The van der Waals surface area contributed by atoms with E-state index in [0.29, 0.717) is 0 Å². The van der Waals surface area contributed by atoms with Gasteiger partial charge in [0.05, 0.1) is 11.2 Å². The Morgan fingerprint density at radius 2 is 1.67 bits per heavy atom. The van der Waals surface area contributed by atoms with E-state index in [2.05, 4.69) is 45.7 Å². The van der Waals surface area contributed by atoms with Crippen molar-refractivity contribution < 1.29 is 9.31 Å². The second-order valence-corrected chi connectivity index (χ2v) is 5.93. The van der Waals surface area contributed by atoms with Gasteiger partial charge >= 0.3 is 7.12 Å². The van der Waals surface area contributed by atoms with Crippen molar-refractivity contribution in [1.82, 2.24) is 4.98 Å². The van der Waals surface area contributed by atoms with Crippen molar-refractivity contribution in [1.29, 1.82) is 0 Å². The fraction of sp³-hybridized carbons (Fsp3) is 0.643. The summed E-state index contributed by atoms with van der Waals surface area (Å²) < 4.78 is 12.1. The zero-order valence-corrected chi connectivity index (χ0v) is 12.2. The SMILES string of the molecule is CCc1nc(C)ccc1B1OC(C)(C)C(C)(C)O1. The normalized spacial score (nSPS) is 21.3. The summed E-state index contributed by atoms with van der Waals surface area (Å²) in [4.78, 5) is 4.57. The van der Waals surface area contributed by atoms with Gasteiger partial charge in [0.2, 0.25) is 0 Å². The molecule has 98 valence electrons. The number of aryl methyl sites for hydroxylation is 2. The molecular weight excluding hydrogens is 225 g/mol. The molecule has 0 spiro atoms. The molecule has 0 aromatic carbocycles. The van der Waals surface area contributed by atoms with Gasteiger partial charge in [0.25, 0.3) is 0 Å². The number of pyridine rings is 1. The van der Waals surface area contributed by atoms with Gasteiger partial charge in [-0.1, -0.05) is 13.0 Å². The molecule has 1 fully saturated rings. The monoisotopic (exact) mass is 247 g/mol. The van der Waals surface area contributed by atoms with E-state index in [4.69, 9.17) is 9.31 Å². The maximum atomic E-state index is 6.07. The van der Waals surface area contributed by atoms with E-state index in [1.165, 1.54) is 0 Å². The van der Waals surface area contributed by atoms with Crippen molar-refractivity contribution in [2.45, 2.75) is 59.2 Å². The van der Waals surface area contributed by atoms with Crippen LogP contribution in [0.1, 0.15) is 46.0 Å². The number of hydrogen-bond donors (Lipinski definition) is 0. The van der Waals surface area contributed by atoms with E-state index in [9.17, 15) is 0 Å². The minimum absolute atomic E-state index is 0.298. The van der Waals surface area contributed by atoms with Gasteiger partial charge in [-0.05, 0) is 47.1 Å². The summed E-state index contributed by atoms with van der Waals surface area (Å²) in [5.74, 6) is 0. The molecule has 0 aliphatic carbocycles. The number of aromatic nitrogens is 1. The second-order valence-electron chi connectivity index (χ2n) is 5.93. The first kappa shape index (κ1) is 13.6. The predicted molar refractivity (Wildman–Crippen MR) is 74.1 cm³/mol. The van der Waals surface area contributed by atoms with E-state index < -0.39 is 0 Å². The summed E-state index contributed by atoms with van der Waals surface area (Å²) in [7, 11) is -0.307. The number of rotatable bonds is 2. The average Bonchev–Trinajstić information content (AvgIpc) is 2.47. The lowest BCUT2D eigenvalue weighted by Crippen LogP contribution is -2.41.